The summed E-state index contributed by atoms with van der Waals surface area (Å²) in [6.07, 6.45) is 0. The number of thiazole rings is 1. The molecule has 3 aromatic rings. The van der Waals surface area contributed by atoms with Crippen LogP contribution >= 0.6 is 11.3 Å². The zero-order chi connectivity index (χ0) is 21.4. The van der Waals surface area contributed by atoms with Gasteiger partial charge in [-0.25, -0.2) is 9.37 Å². The summed E-state index contributed by atoms with van der Waals surface area (Å²) in [7, 11) is 3.73. The van der Waals surface area contributed by atoms with Gasteiger partial charge in [0.1, 0.15) is 17.9 Å². The van der Waals surface area contributed by atoms with Crippen molar-refractivity contribution in [1.82, 2.24) is 14.8 Å². The molecule has 1 aliphatic rings. The fourth-order valence-corrected chi connectivity index (χ4v) is 4.27. The van der Waals surface area contributed by atoms with Gasteiger partial charge in [-0.2, -0.15) is 0 Å². The molecule has 2 heterocycles. The van der Waals surface area contributed by atoms with Gasteiger partial charge in [0.25, 0.3) is 11.8 Å². The summed E-state index contributed by atoms with van der Waals surface area (Å²) < 4.78 is 14.7. The van der Waals surface area contributed by atoms with E-state index in [2.05, 4.69) is 4.98 Å². The Bertz CT molecular complexity index is 1130. The highest BCUT2D eigenvalue weighted by Crippen LogP contribution is 2.31. The monoisotopic (exact) mass is 426 g/mol. The van der Waals surface area contributed by atoms with E-state index in [9.17, 15) is 18.8 Å². The number of rotatable bonds is 6. The summed E-state index contributed by atoms with van der Waals surface area (Å²) in [5.74, 6) is -1.90. The van der Waals surface area contributed by atoms with Gasteiger partial charge in [-0.3, -0.25) is 24.2 Å². The predicted octanol–water partition coefficient (Wildman–Crippen LogP) is 2.63. The molecule has 1 aliphatic heterocycles. The Balaban J connectivity index is 1.62. The number of aromatic nitrogens is 1. The minimum absolute atomic E-state index is 0.195. The number of anilines is 1. The van der Waals surface area contributed by atoms with Crippen LogP contribution in [0.15, 0.2) is 42.5 Å². The molecule has 0 atom stereocenters. The largest absolute Gasteiger partial charge is 0.308 e. The maximum absolute atomic E-state index is 14.1. The lowest BCUT2D eigenvalue weighted by atomic mass is 10.1. The van der Waals surface area contributed by atoms with E-state index >= 15 is 0 Å². The van der Waals surface area contributed by atoms with Gasteiger partial charge < -0.3 is 4.90 Å². The molecule has 2 aromatic carbocycles. The number of amides is 3. The van der Waals surface area contributed by atoms with E-state index in [1.54, 1.807) is 36.4 Å². The van der Waals surface area contributed by atoms with Gasteiger partial charge in [0.05, 0.1) is 15.8 Å². The second kappa shape index (κ2) is 7.92. The number of benzene rings is 2. The first-order valence-electron chi connectivity index (χ1n) is 9.32. The zero-order valence-corrected chi connectivity index (χ0v) is 17.3. The molecule has 30 heavy (non-hydrogen) atoms. The Kier molecular flexibility index (Phi) is 5.31. The fourth-order valence-electron chi connectivity index (χ4n) is 3.25. The van der Waals surface area contributed by atoms with Gasteiger partial charge in [-0.05, 0) is 38.4 Å². The topological polar surface area (TPSA) is 73.8 Å². The maximum atomic E-state index is 14.1. The SMILES string of the molecule is CN(C)CCN(C(=O)CN1C(=O)c2ccccc2C1=O)c1nc2c(F)cccc2s1. The van der Waals surface area contributed by atoms with Gasteiger partial charge in [-0.15, -0.1) is 0 Å². The Morgan fingerprint density at radius 1 is 1.03 bits per heavy atom. The first-order valence-corrected chi connectivity index (χ1v) is 10.1. The van der Waals surface area contributed by atoms with Crippen molar-refractivity contribution in [2.45, 2.75) is 0 Å². The standard InChI is InChI=1S/C21H19FN4O3S/c1-24(2)10-11-25(21-23-18-15(22)8-5-9-16(18)30-21)17(27)12-26-19(28)13-6-3-4-7-14(13)20(26)29/h3-9H,10-12H2,1-2H3. The lowest BCUT2D eigenvalue weighted by molar-refractivity contribution is -0.119. The van der Waals surface area contributed by atoms with Gasteiger partial charge in [-0.1, -0.05) is 29.5 Å². The highest BCUT2D eigenvalue weighted by molar-refractivity contribution is 7.22. The summed E-state index contributed by atoms with van der Waals surface area (Å²) in [6, 6.07) is 11.1. The van der Waals surface area contributed by atoms with Crippen LogP contribution in [0.5, 0.6) is 0 Å². The Hall–Kier alpha value is -3.17. The molecule has 3 amide bonds. The highest BCUT2D eigenvalue weighted by atomic mass is 32.1. The molecule has 0 fully saturated rings. The minimum atomic E-state index is -0.494. The summed E-state index contributed by atoms with van der Waals surface area (Å²) in [5, 5.41) is 0.332. The van der Waals surface area contributed by atoms with Crippen LogP contribution in [0.1, 0.15) is 20.7 Å². The molecule has 7 nitrogen and oxygen atoms in total. The lowest BCUT2D eigenvalue weighted by Crippen LogP contribution is -2.45. The number of para-hydroxylation sites is 1. The third kappa shape index (κ3) is 3.57. The minimum Gasteiger partial charge on any atom is -0.308 e. The van der Waals surface area contributed by atoms with Gasteiger partial charge in [0.2, 0.25) is 5.91 Å². The van der Waals surface area contributed by atoms with E-state index in [1.165, 1.54) is 22.3 Å². The van der Waals surface area contributed by atoms with Crippen molar-refractivity contribution < 1.29 is 18.8 Å². The van der Waals surface area contributed by atoms with Crippen molar-refractivity contribution in [1.29, 1.82) is 0 Å². The third-order valence-electron chi connectivity index (χ3n) is 4.83. The zero-order valence-electron chi connectivity index (χ0n) is 16.5. The van der Waals surface area contributed by atoms with E-state index in [0.29, 0.717) is 16.4 Å². The molecule has 0 unspecified atom stereocenters. The van der Waals surface area contributed by atoms with Crippen LogP contribution < -0.4 is 4.90 Å². The molecule has 0 bridgehead atoms. The summed E-state index contributed by atoms with van der Waals surface area (Å²) in [6.45, 7) is 0.418. The number of fused-ring (bicyclic) bond motifs is 2. The van der Waals surface area contributed by atoms with Crippen molar-refractivity contribution in [3.05, 3.63) is 59.4 Å². The second-order valence-corrected chi connectivity index (χ2v) is 8.18. The van der Waals surface area contributed by atoms with Crippen molar-refractivity contribution in [3.8, 4) is 0 Å². The summed E-state index contributed by atoms with van der Waals surface area (Å²) in [4.78, 5) is 46.9. The molecular formula is C21H19FN4O3S. The second-order valence-electron chi connectivity index (χ2n) is 7.17. The number of halogens is 1. The first kappa shape index (κ1) is 20.1. The first-order chi connectivity index (χ1) is 14.4. The van der Waals surface area contributed by atoms with E-state index in [-0.39, 0.29) is 23.2 Å². The Morgan fingerprint density at radius 2 is 1.70 bits per heavy atom. The average Bonchev–Trinajstić information content (AvgIpc) is 3.25. The molecule has 0 N–H and O–H groups in total. The van der Waals surface area contributed by atoms with Crippen molar-refractivity contribution in [2.75, 3.05) is 38.6 Å². The number of hydrogen-bond donors (Lipinski definition) is 0. The van der Waals surface area contributed by atoms with Crippen molar-refractivity contribution in [2.24, 2.45) is 0 Å². The molecular weight excluding hydrogens is 407 g/mol. The Morgan fingerprint density at radius 3 is 2.30 bits per heavy atom. The number of imide groups is 1. The normalized spacial score (nSPS) is 13.4. The number of nitrogens with zero attached hydrogens (tertiary/aromatic N) is 4. The van der Waals surface area contributed by atoms with E-state index in [1.807, 2.05) is 19.0 Å². The highest BCUT2D eigenvalue weighted by Gasteiger charge is 2.37. The summed E-state index contributed by atoms with van der Waals surface area (Å²) in [5.41, 5.74) is 0.773. The van der Waals surface area contributed by atoms with Crippen LogP contribution in [0.2, 0.25) is 0 Å². The summed E-state index contributed by atoms with van der Waals surface area (Å²) >= 11 is 1.19. The van der Waals surface area contributed by atoms with Crippen LogP contribution in [-0.2, 0) is 4.79 Å². The van der Waals surface area contributed by atoms with Crippen molar-refractivity contribution in [3.63, 3.8) is 0 Å². The van der Waals surface area contributed by atoms with Crippen LogP contribution in [-0.4, -0.2) is 66.2 Å². The quantitative estimate of drug-likeness (QED) is 0.567. The number of hydrogen-bond acceptors (Lipinski definition) is 6. The van der Waals surface area contributed by atoms with E-state index < -0.39 is 30.1 Å². The molecule has 0 saturated carbocycles. The molecule has 0 aliphatic carbocycles. The predicted molar refractivity (Wildman–Crippen MR) is 112 cm³/mol. The molecule has 154 valence electrons. The fraction of sp³-hybridized carbons (Fsp3) is 0.238. The average molecular weight is 426 g/mol. The van der Waals surface area contributed by atoms with Crippen LogP contribution in [0.3, 0.4) is 0 Å². The maximum Gasteiger partial charge on any atom is 0.262 e. The molecule has 0 saturated heterocycles. The molecule has 9 heteroatoms. The van der Waals surface area contributed by atoms with Crippen LogP contribution in [0.4, 0.5) is 9.52 Å². The lowest BCUT2D eigenvalue weighted by Gasteiger charge is -2.24. The van der Waals surface area contributed by atoms with E-state index in [0.717, 1.165) is 4.90 Å². The molecule has 1 aromatic heterocycles. The van der Waals surface area contributed by atoms with Gasteiger partial charge in [0, 0.05) is 13.1 Å². The number of likely N-dealkylation sites (N-methyl/N-ethyl adjacent to an activating group) is 1. The third-order valence-corrected chi connectivity index (χ3v) is 5.88. The van der Waals surface area contributed by atoms with Gasteiger partial charge >= 0.3 is 0 Å². The van der Waals surface area contributed by atoms with Gasteiger partial charge in [0.15, 0.2) is 5.13 Å². The Labute approximate surface area is 176 Å². The number of carbonyl (C=O) groups excluding carboxylic acids is 3. The van der Waals surface area contributed by atoms with E-state index in [4.69, 9.17) is 0 Å². The van der Waals surface area contributed by atoms with Crippen LogP contribution in [0.25, 0.3) is 10.2 Å². The number of carbonyl (C=O) groups is 3. The van der Waals surface area contributed by atoms with Crippen LogP contribution in [0, 0.1) is 5.82 Å². The molecule has 0 radical (unpaired) electrons. The smallest absolute Gasteiger partial charge is 0.262 e. The molecule has 0 spiro atoms. The van der Waals surface area contributed by atoms with Crippen molar-refractivity contribution >= 4 is 44.4 Å². The molecule has 4 rings (SSSR count).